The van der Waals surface area contributed by atoms with Crippen LogP contribution in [0.2, 0.25) is 0 Å². The van der Waals surface area contributed by atoms with Crippen molar-refractivity contribution in [2.75, 3.05) is 5.32 Å². The third-order valence-corrected chi connectivity index (χ3v) is 3.20. The highest BCUT2D eigenvalue weighted by molar-refractivity contribution is 6.03. The van der Waals surface area contributed by atoms with Crippen LogP contribution in [0.4, 0.5) is 5.69 Å². The fraction of sp³-hybridized carbons (Fsp3) is 0.312. The van der Waals surface area contributed by atoms with Gasteiger partial charge in [-0.1, -0.05) is 25.1 Å². The number of carbonyl (C=O) groups excluding carboxylic acids is 1. The van der Waals surface area contributed by atoms with Gasteiger partial charge in [0.05, 0.1) is 0 Å². The van der Waals surface area contributed by atoms with E-state index in [-0.39, 0.29) is 5.91 Å². The molecule has 1 amide bonds. The summed E-state index contributed by atoms with van der Waals surface area (Å²) < 4.78 is 1.96. The molecule has 0 saturated heterocycles. The van der Waals surface area contributed by atoms with Gasteiger partial charge in [0.2, 0.25) is 0 Å². The second-order valence-electron chi connectivity index (χ2n) is 4.77. The largest absolute Gasteiger partial charge is 0.322 e. The van der Waals surface area contributed by atoms with Crippen LogP contribution in [0.15, 0.2) is 42.2 Å². The van der Waals surface area contributed by atoms with Gasteiger partial charge in [-0.25, -0.2) is 0 Å². The summed E-state index contributed by atoms with van der Waals surface area (Å²) in [7, 11) is 0. The molecule has 1 aromatic heterocycles. The van der Waals surface area contributed by atoms with Crippen LogP contribution in [0.5, 0.6) is 0 Å². The third kappa shape index (κ3) is 3.56. The highest BCUT2D eigenvalue weighted by atomic mass is 16.1. The lowest BCUT2D eigenvalue weighted by atomic mass is 10.1. The second kappa shape index (κ2) is 6.83. The van der Waals surface area contributed by atoms with Crippen molar-refractivity contribution in [1.29, 1.82) is 0 Å². The van der Waals surface area contributed by atoms with Crippen LogP contribution in [-0.2, 0) is 11.3 Å². The molecule has 0 spiro atoms. The average Bonchev–Trinajstić information content (AvgIpc) is 2.96. The number of hydrogen-bond donors (Lipinski definition) is 1. The van der Waals surface area contributed by atoms with Crippen LogP contribution in [0, 0.1) is 0 Å². The summed E-state index contributed by atoms with van der Waals surface area (Å²) >= 11 is 0. The Morgan fingerprint density at radius 2 is 2.19 bits per heavy atom. The van der Waals surface area contributed by atoms with E-state index in [1.807, 2.05) is 55.7 Å². The predicted molar refractivity (Wildman–Crippen MR) is 83.8 cm³/mol. The molecule has 0 bridgehead atoms. The zero-order valence-electron chi connectivity index (χ0n) is 12.6. The summed E-state index contributed by atoms with van der Waals surface area (Å²) in [5.41, 5.74) is 2.41. The van der Waals surface area contributed by atoms with Crippen LogP contribution in [-0.4, -0.2) is 20.7 Å². The first-order valence-electron chi connectivity index (χ1n) is 7.12. The third-order valence-electron chi connectivity index (χ3n) is 3.20. The molecule has 110 valence electrons. The number of allylic oxidation sites excluding steroid dienone is 1. The number of rotatable bonds is 5. The van der Waals surface area contributed by atoms with Crippen molar-refractivity contribution >= 4 is 11.6 Å². The van der Waals surface area contributed by atoms with Crippen LogP contribution in [0.25, 0.3) is 11.4 Å². The molecule has 0 saturated carbocycles. The summed E-state index contributed by atoms with van der Waals surface area (Å²) in [4.78, 5) is 12.0. The van der Waals surface area contributed by atoms with Crippen molar-refractivity contribution < 1.29 is 4.79 Å². The minimum absolute atomic E-state index is 0.0778. The molecule has 5 nitrogen and oxygen atoms in total. The highest BCUT2D eigenvalue weighted by Crippen LogP contribution is 2.21. The molecular weight excluding hydrogens is 264 g/mol. The van der Waals surface area contributed by atoms with Gasteiger partial charge in [0.1, 0.15) is 6.33 Å². The van der Waals surface area contributed by atoms with Crippen LogP contribution >= 0.6 is 0 Å². The molecule has 5 heteroatoms. The normalized spacial score (nSPS) is 11.5. The summed E-state index contributed by atoms with van der Waals surface area (Å²) in [5, 5.41) is 11.0. The molecule has 2 aromatic rings. The Bertz CT molecular complexity index is 658. The molecule has 0 aliphatic rings. The number of nitrogens with one attached hydrogen (secondary N) is 1. The molecular formula is C16H20N4O. The first-order valence-corrected chi connectivity index (χ1v) is 7.12. The van der Waals surface area contributed by atoms with Crippen molar-refractivity contribution in [2.24, 2.45) is 0 Å². The summed E-state index contributed by atoms with van der Waals surface area (Å²) in [6.45, 7) is 6.67. The standard InChI is InChI=1S/C16H20N4O/c1-4-7-12(3)16(21)18-14-9-6-8-13(10-14)15-19-17-11-20(15)5-2/h6-11H,4-5H2,1-3H3,(H,18,21)/b12-7-. The number of amides is 1. The molecule has 0 aliphatic heterocycles. The predicted octanol–water partition coefficient (Wildman–Crippen LogP) is 3.26. The Morgan fingerprint density at radius 3 is 2.90 bits per heavy atom. The topological polar surface area (TPSA) is 59.8 Å². The minimum Gasteiger partial charge on any atom is -0.322 e. The smallest absolute Gasteiger partial charge is 0.250 e. The van der Waals surface area contributed by atoms with Crippen LogP contribution in [0.1, 0.15) is 27.2 Å². The van der Waals surface area contributed by atoms with E-state index in [2.05, 4.69) is 15.5 Å². The fourth-order valence-electron chi connectivity index (χ4n) is 2.07. The average molecular weight is 284 g/mol. The van der Waals surface area contributed by atoms with Crippen molar-refractivity contribution in [3.05, 3.63) is 42.2 Å². The quantitative estimate of drug-likeness (QED) is 0.857. The van der Waals surface area contributed by atoms with E-state index >= 15 is 0 Å². The lowest BCUT2D eigenvalue weighted by molar-refractivity contribution is -0.112. The van der Waals surface area contributed by atoms with Crippen LogP contribution in [0.3, 0.4) is 0 Å². The maximum Gasteiger partial charge on any atom is 0.250 e. The van der Waals surface area contributed by atoms with Gasteiger partial charge in [-0.3, -0.25) is 4.79 Å². The zero-order valence-corrected chi connectivity index (χ0v) is 12.6. The zero-order chi connectivity index (χ0) is 15.2. The number of aryl methyl sites for hydroxylation is 1. The molecule has 1 aromatic carbocycles. The molecule has 21 heavy (non-hydrogen) atoms. The van der Waals surface area contributed by atoms with E-state index in [0.29, 0.717) is 0 Å². The minimum atomic E-state index is -0.0778. The Kier molecular flexibility index (Phi) is 4.87. The van der Waals surface area contributed by atoms with Crippen molar-refractivity contribution in [3.8, 4) is 11.4 Å². The lowest BCUT2D eigenvalue weighted by Gasteiger charge is -2.08. The van der Waals surface area contributed by atoms with Gasteiger partial charge < -0.3 is 9.88 Å². The van der Waals surface area contributed by atoms with E-state index in [4.69, 9.17) is 0 Å². The van der Waals surface area contributed by atoms with E-state index in [1.165, 1.54) is 0 Å². The molecule has 1 N–H and O–H groups in total. The Balaban J connectivity index is 2.23. The van der Waals surface area contributed by atoms with Crippen molar-refractivity contribution in [2.45, 2.75) is 33.7 Å². The van der Waals surface area contributed by atoms with Gasteiger partial charge >= 0.3 is 0 Å². The number of carbonyl (C=O) groups is 1. The van der Waals surface area contributed by atoms with Crippen molar-refractivity contribution in [1.82, 2.24) is 14.8 Å². The van der Waals surface area contributed by atoms with Crippen LogP contribution < -0.4 is 5.32 Å². The second-order valence-corrected chi connectivity index (χ2v) is 4.77. The van der Waals surface area contributed by atoms with Gasteiger partial charge in [-0.05, 0) is 32.4 Å². The Hall–Kier alpha value is -2.43. The fourth-order valence-corrected chi connectivity index (χ4v) is 2.07. The maximum absolute atomic E-state index is 12.0. The van der Waals surface area contributed by atoms with Gasteiger partial charge in [0.25, 0.3) is 5.91 Å². The number of nitrogens with zero attached hydrogens (tertiary/aromatic N) is 3. The number of benzene rings is 1. The van der Waals surface area contributed by atoms with E-state index in [0.717, 1.165) is 35.6 Å². The molecule has 2 rings (SSSR count). The van der Waals surface area contributed by atoms with E-state index in [9.17, 15) is 4.79 Å². The Labute approximate surface area is 124 Å². The van der Waals surface area contributed by atoms with Gasteiger partial charge in [-0.15, -0.1) is 10.2 Å². The molecule has 0 aliphatic carbocycles. The van der Waals surface area contributed by atoms with Crippen molar-refractivity contribution in [3.63, 3.8) is 0 Å². The highest BCUT2D eigenvalue weighted by Gasteiger charge is 2.08. The number of hydrogen-bond acceptors (Lipinski definition) is 3. The monoisotopic (exact) mass is 284 g/mol. The number of aromatic nitrogens is 3. The summed E-state index contributed by atoms with van der Waals surface area (Å²) in [5.74, 6) is 0.723. The first-order chi connectivity index (χ1) is 10.2. The lowest BCUT2D eigenvalue weighted by Crippen LogP contribution is -2.12. The molecule has 0 fully saturated rings. The summed E-state index contributed by atoms with van der Waals surface area (Å²) in [6.07, 6.45) is 4.46. The Morgan fingerprint density at radius 1 is 1.38 bits per heavy atom. The van der Waals surface area contributed by atoms with Gasteiger partial charge in [0.15, 0.2) is 5.82 Å². The van der Waals surface area contributed by atoms with E-state index < -0.39 is 0 Å². The molecule has 0 unspecified atom stereocenters. The number of anilines is 1. The first kappa shape index (κ1) is 15.0. The molecule has 0 radical (unpaired) electrons. The molecule has 0 atom stereocenters. The maximum atomic E-state index is 12.0. The van der Waals surface area contributed by atoms with Gasteiger partial charge in [0, 0.05) is 23.4 Å². The van der Waals surface area contributed by atoms with Gasteiger partial charge in [-0.2, -0.15) is 0 Å². The molecule has 1 heterocycles. The SMILES string of the molecule is CC/C=C(/C)C(=O)Nc1cccc(-c2nncn2CC)c1. The van der Waals surface area contributed by atoms with E-state index in [1.54, 1.807) is 6.33 Å². The summed E-state index contributed by atoms with van der Waals surface area (Å²) in [6, 6.07) is 7.64.